The number of rotatable bonds is 1. The molecule has 0 saturated carbocycles. The Bertz CT molecular complexity index is 1030. The van der Waals surface area contributed by atoms with Crippen LogP contribution >= 0.6 is 11.3 Å². The summed E-state index contributed by atoms with van der Waals surface area (Å²) in [5.74, 6) is 0.467. The van der Waals surface area contributed by atoms with Crippen molar-refractivity contribution in [2.45, 2.75) is 43.2 Å². The molecule has 3 atom stereocenters. The molecule has 0 bridgehead atoms. The normalized spacial score (nSPS) is 28.8. The lowest BCUT2D eigenvalue weighted by atomic mass is 9.73. The zero-order chi connectivity index (χ0) is 18.7. The molecule has 1 aromatic heterocycles. The highest BCUT2D eigenvalue weighted by atomic mass is 32.1. The number of aliphatic hydroxyl groups is 1. The SMILES string of the molecule is O[C@]1(c2cccs2)CCN2C[C@@H]3c4ccccc4CCc4cccc(c43)[C@H]2C1. The number of hydrogen-bond acceptors (Lipinski definition) is 3. The molecule has 28 heavy (non-hydrogen) atoms. The molecular formula is C25H25NOS. The molecule has 6 rings (SSSR count). The summed E-state index contributed by atoms with van der Waals surface area (Å²) >= 11 is 1.69. The molecule has 0 unspecified atom stereocenters. The Labute approximate surface area is 170 Å². The molecule has 0 radical (unpaired) electrons. The summed E-state index contributed by atoms with van der Waals surface area (Å²) in [7, 11) is 0. The molecule has 1 fully saturated rings. The van der Waals surface area contributed by atoms with Crippen LogP contribution in [0.4, 0.5) is 0 Å². The zero-order valence-corrected chi connectivity index (χ0v) is 16.8. The highest BCUT2D eigenvalue weighted by Crippen LogP contribution is 2.51. The van der Waals surface area contributed by atoms with Gasteiger partial charge in [0.15, 0.2) is 0 Å². The van der Waals surface area contributed by atoms with E-state index in [4.69, 9.17) is 0 Å². The highest BCUT2D eigenvalue weighted by Gasteiger charge is 2.45. The van der Waals surface area contributed by atoms with E-state index < -0.39 is 5.60 Å². The second-order valence-electron chi connectivity index (χ2n) is 8.65. The third-order valence-corrected chi connectivity index (χ3v) is 8.28. The molecule has 0 amide bonds. The minimum Gasteiger partial charge on any atom is -0.384 e. The first-order chi connectivity index (χ1) is 13.7. The summed E-state index contributed by atoms with van der Waals surface area (Å²) in [6.45, 7) is 2.04. The number of thiophene rings is 1. The van der Waals surface area contributed by atoms with Crippen LogP contribution < -0.4 is 0 Å². The van der Waals surface area contributed by atoms with Gasteiger partial charge in [-0.25, -0.2) is 0 Å². The fourth-order valence-electron chi connectivity index (χ4n) is 5.84. The Morgan fingerprint density at radius 1 is 0.929 bits per heavy atom. The lowest BCUT2D eigenvalue weighted by molar-refractivity contribution is -0.0546. The van der Waals surface area contributed by atoms with Crippen LogP contribution in [-0.2, 0) is 18.4 Å². The fraction of sp³-hybridized carbons (Fsp3) is 0.360. The molecule has 2 nitrogen and oxygen atoms in total. The summed E-state index contributed by atoms with van der Waals surface area (Å²) < 4.78 is 0. The predicted octanol–water partition coefficient (Wildman–Crippen LogP) is 5.02. The average molecular weight is 388 g/mol. The van der Waals surface area contributed by atoms with Gasteiger partial charge < -0.3 is 5.11 Å². The van der Waals surface area contributed by atoms with E-state index in [0.29, 0.717) is 12.0 Å². The molecule has 2 aliphatic heterocycles. The molecule has 1 aliphatic carbocycles. The Morgan fingerprint density at radius 3 is 2.64 bits per heavy atom. The summed E-state index contributed by atoms with van der Waals surface area (Å²) in [6, 6.07) is 20.4. The summed E-state index contributed by atoms with van der Waals surface area (Å²) in [4.78, 5) is 3.77. The maximum atomic E-state index is 11.5. The molecule has 0 spiro atoms. The van der Waals surface area contributed by atoms with Crippen molar-refractivity contribution in [2.24, 2.45) is 0 Å². The second-order valence-corrected chi connectivity index (χ2v) is 9.59. The summed E-state index contributed by atoms with van der Waals surface area (Å²) in [5.41, 5.74) is 6.88. The number of fused-ring (bicyclic) bond motifs is 4. The van der Waals surface area contributed by atoms with Crippen LogP contribution in [0.2, 0.25) is 0 Å². The van der Waals surface area contributed by atoms with Crippen molar-refractivity contribution in [3.63, 3.8) is 0 Å². The number of hydrogen-bond donors (Lipinski definition) is 1. The minimum absolute atomic E-state index is 0.317. The van der Waals surface area contributed by atoms with Crippen LogP contribution in [0.25, 0.3) is 0 Å². The van der Waals surface area contributed by atoms with E-state index in [1.54, 1.807) is 16.9 Å². The quantitative estimate of drug-likeness (QED) is 0.634. The van der Waals surface area contributed by atoms with Crippen molar-refractivity contribution in [2.75, 3.05) is 13.1 Å². The highest BCUT2D eigenvalue weighted by molar-refractivity contribution is 7.10. The van der Waals surface area contributed by atoms with Crippen LogP contribution in [0.3, 0.4) is 0 Å². The standard InChI is InChI=1S/C25H25NOS/c27-25(23-9-4-14-28-23)12-13-26-16-21-19-7-2-1-5-17(19)10-11-18-6-3-8-20(24(18)21)22(26)15-25/h1-9,14,21-22,27H,10-13,15-16H2/t21-,22-,25-/m1/s1. The van der Waals surface area contributed by atoms with Crippen LogP contribution in [0.1, 0.15) is 57.5 Å². The van der Waals surface area contributed by atoms with Crippen molar-refractivity contribution < 1.29 is 5.11 Å². The molecule has 3 heterocycles. The maximum absolute atomic E-state index is 11.5. The Hall–Kier alpha value is -1.94. The van der Waals surface area contributed by atoms with Gasteiger partial charge >= 0.3 is 0 Å². The van der Waals surface area contributed by atoms with Gasteiger partial charge in [-0.2, -0.15) is 0 Å². The number of aryl methyl sites for hydroxylation is 2. The van der Waals surface area contributed by atoms with Gasteiger partial charge in [-0.1, -0.05) is 48.5 Å². The third-order valence-electron chi connectivity index (χ3n) is 7.21. The first-order valence-corrected chi connectivity index (χ1v) is 11.3. The van der Waals surface area contributed by atoms with Crippen LogP contribution in [-0.4, -0.2) is 23.1 Å². The van der Waals surface area contributed by atoms with E-state index in [2.05, 4.69) is 64.9 Å². The lowest BCUT2D eigenvalue weighted by Crippen LogP contribution is -2.48. The number of nitrogens with zero attached hydrogens (tertiary/aromatic N) is 1. The molecule has 3 aromatic rings. The molecule has 1 saturated heterocycles. The largest absolute Gasteiger partial charge is 0.384 e. The summed E-state index contributed by atoms with van der Waals surface area (Å²) in [5, 5.41) is 13.6. The first-order valence-electron chi connectivity index (χ1n) is 10.4. The van der Waals surface area contributed by atoms with E-state index in [1.165, 1.54) is 22.3 Å². The topological polar surface area (TPSA) is 23.5 Å². The van der Waals surface area contributed by atoms with Gasteiger partial charge in [0.2, 0.25) is 0 Å². The van der Waals surface area contributed by atoms with Gasteiger partial charge in [0.05, 0.1) is 0 Å². The van der Waals surface area contributed by atoms with Crippen molar-refractivity contribution in [3.05, 3.63) is 92.7 Å². The van der Waals surface area contributed by atoms with Crippen molar-refractivity contribution in [1.29, 1.82) is 0 Å². The van der Waals surface area contributed by atoms with Crippen molar-refractivity contribution in [1.82, 2.24) is 4.90 Å². The lowest BCUT2D eigenvalue weighted by Gasteiger charge is -2.49. The molecule has 2 aromatic carbocycles. The van der Waals surface area contributed by atoms with Crippen LogP contribution in [0, 0.1) is 0 Å². The fourth-order valence-corrected chi connectivity index (χ4v) is 6.71. The van der Waals surface area contributed by atoms with E-state index in [1.807, 2.05) is 0 Å². The van der Waals surface area contributed by atoms with Gasteiger partial charge in [-0.05, 0) is 58.5 Å². The zero-order valence-electron chi connectivity index (χ0n) is 16.0. The van der Waals surface area contributed by atoms with E-state index in [9.17, 15) is 5.11 Å². The number of piperidine rings is 1. The van der Waals surface area contributed by atoms with E-state index in [0.717, 1.165) is 43.6 Å². The third kappa shape index (κ3) is 2.46. The Kier molecular flexibility index (Phi) is 3.81. The maximum Gasteiger partial charge on any atom is 0.102 e. The molecule has 3 heteroatoms. The van der Waals surface area contributed by atoms with E-state index in [-0.39, 0.29) is 0 Å². The van der Waals surface area contributed by atoms with Gasteiger partial charge in [0.25, 0.3) is 0 Å². The average Bonchev–Trinajstić information content (AvgIpc) is 3.23. The molecule has 1 N–H and O–H groups in total. The van der Waals surface area contributed by atoms with Gasteiger partial charge in [-0.3, -0.25) is 4.90 Å². The predicted molar refractivity (Wildman–Crippen MR) is 114 cm³/mol. The van der Waals surface area contributed by atoms with E-state index >= 15 is 0 Å². The molecular weight excluding hydrogens is 362 g/mol. The van der Waals surface area contributed by atoms with Crippen molar-refractivity contribution >= 4 is 11.3 Å². The van der Waals surface area contributed by atoms with Gasteiger partial charge in [-0.15, -0.1) is 11.3 Å². The smallest absolute Gasteiger partial charge is 0.102 e. The molecule has 142 valence electrons. The van der Waals surface area contributed by atoms with Crippen LogP contribution in [0.15, 0.2) is 60.0 Å². The Balaban J connectivity index is 1.48. The van der Waals surface area contributed by atoms with Gasteiger partial charge in [0, 0.05) is 36.3 Å². The Morgan fingerprint density at radius 2 is 1.75 bits per heavy atom. The van der Waals surface area contributed by atoms with Crippen LogP contribution in [0.5, 0.6) is 0 Å². The second kappa shape index (κ2) is 6.28. The minimum atomic E-state index is -0.687. The number of benzene rings is 2. The summed E-state index contributed by atoms with van der Waals surface area (Å²) in [6.07, 6.45) is 3.89. The monoisotopic (exact) mass is 387 g/mol. The molecule has 3 aliphatic rings. The van der Waals surface area contributed by atoms with Crippen molar-refractivity contribution in [3.8, 4) is 0 Å². The van der Waals surface area contributed by atoms with Gasteiger partial charge in [0.1, 0.15) is 5.60 Å². The first kappa shape index (κ1) is 17.0.